The third-order valence-corrected chi connectivity index (χ3v) is 3.62. The van der Waals surface area contributed by atoms with Gasteiger partial charge >= 0.3 is 0 Å². The Kier molecular flexibility index (Phi) is 4.34. The Morgan fingerprint density at radius 3 is 3.00 bits per heavy atom. The molecule has 1 atom stereocenters. The Hall–Kier alpha value is -1.66. The van der Waals surface area contributed by atoms with E-state index in [-0.39, 0.29) is 11.9 Å². The molecule has 0 aliphatic heterocycles. The number of amides is 1. The van der Waals surface area contributed by atoms with Gasteiger partial charge in [0.05, 0.1) is 17.9 Å². The first kappa shape index (κ1) is 13.8. The molecule has 0 radical (unpaired) electrons. The molecular formula is C13H18N4OS. The first-order valence-corrected chi connectivity index (χ1v) is 7.03. The van der Waals surface area contributed by atoms with Crippen molar-refractivity contribution in [1.29, 1.82) is 0 Å². The zero-order valence-corrected chi connectivity index (χ0v) is 12.1. The molecule has 5 nitrogen and oxygen atoms in total. The minimum absolute atomic E-state index is 0.0700. The van der Waals surface area contributed by atoms with Crippen LogP contribution in [0.2, 0.25) is 0 Å². The SMILES string of the molecule is C[C@H](NCc1cn[nH]c1-c1ccsc1)C(=O)N(C)C. The summed E-state index contributed by atoms with van der Waals surface area (Å²) in [6, 6.07) is 1.84. The Balaban J connectivity index is 2.01. The summed E-state index contributed by atoms with van der Waals surface area (Å²) in [7, 11) is 3.52. The van der Waals surface area contributed by atoms with Gasteiger partial charge in [0, 0.05) is 37.1 Å². The third-order valence-electron chi connectivity index (χ3n) is 2.94. The number of aromatic amines is 1. The summed E-state index contributed by atoms with van der Waals surface area (Å²) in [5.41, 5.74) is 3.21. The molecule has 2 aromatic rings. The Morgan fingerprint density at radius 1 is 1.58 bits per heavy atom. The first-order chi connectivity index (χ1) is 9.09. The molecule has 0 unspecified atom stereocenters. The van der Waals surface area contributed by atoms with Gasteiger partial charge in [-0.3, -0.25) is 9.89 Å². The van der Waals surface area contributed by atoms with Crippen LogP contribution < -0.4 is 5.32 Å². The number of nitrogens with one attached hydrogen (secondary N) is 2. The summed E-state index contributed by atoms with van der Waals surface area (Å²) in [4.78, 5) is 13.3. The fourth-order valence-electron chi connectivity index (χ4n) is 1.84. The van der Waals surface area contributed by atoms with Crippen LogP contribution in [0.5, 0.6) is 0 Å². The van der Waals surface area contributed by atoms with E-state index in [0.717, 1.165) is 16.8 Å². The largest absolute Gasteiger partial charge is 0.347 e. The van der Waals surface area contributed by atoms with E-state index in [1.807, 2.05) is 12.3 Å². The minimum Gasteiger partial charge on any atom is -0.347 e. The first-order valence-electron chi connectivity index (χ1n) is 6.09. The lowest BCUT2D eigenvalue weighted by atomic mass is 10.1. The van der Waals surface area contributed by atoms with Crippen LogP contribution in [-0.4, -0.2) is 41.1 Å². The molecule has 2 N–H and O–H groups in total. The molecule has 2 aromatic heterocycles. The summed E-state index contributed by atoms with van der Waals surface area (Å²) in [6.45, 7) is 2.48. The molecule has 1 amide bonds. The Bertz CT molecular complexity index is 533. The molecule has 0 saturated carbocycles. The molecule has 2 heterocycles. The molecule has 0 bridgehead atoms. The highest BCUT2D eigenvalue weighted by molar-refractivity contribution is 7.08. The molecule has 0 aromatic carbocycles. The van der Waals surface area contributed by atoms with Crippen LogP contribution in [0.25, 0.3) is 11.3 Å². The fourth-order valence-corrected chi connectivity index (χ4v) is 2.49. The molecular weight excluding hydrogens is 260 g/mol. The Labute approximate surface area is 116 Å². The van der Waals surface area contributed by atoms with Gasteiger partial charge in [0.15, 0.2) is 0 Å². The van der Waals surface area contributed by atoms with Crippen LogP contribution in [0, 0.1) is 0 Å². The molecule has 2 rings (SSSR count). The van der Waals surface area contributed by atoms with Gasteiger partial charge in [-0.15, -0.1) is 0 Å². The number of rotatable bonds is 5. The fraction of sp³-hybridized carbons (Fsp3) is 0.385. The number of carbonyl (C=O) groups is 1. The summed E-state index contributed by atoms with van der Waals surface area (Å²) in [6.07, 6.45) is 1.80. The molecule has 0 aliphatic carbocycles. The number of hydrogen-bond acceptors (Lipinski definition) is 4. The van der Waals surface area contributed by atoms with Crippen molar-refractivity contribution in [3.05, 3.63) is 28.6 Å². The van der Waals surface area contributed by atoms with Crippen molar-refractivity contribution in [1.82, 2.24) is 20.4 Å². The summed E-state index contributed by atoms with van der Waals surface area (Å²) < 4.78 is 0. The van der Waals surface area contributed by atoms with Gasteiger partial charge in [0.1, 0.15) is 0 Å². The van der Waals surface area contributed by atoms with E-state index in [0.29, 0.717) is 6.54 Å². The van der Waals surface area contributed by atoms with Crippen LogP contribution in [0.1, 0.15) is 12.5 Å². The second-order valence-corrected chi connectivity index (χ2v) is 5.40. The average molecular weight is 278 g/mol. The number of nitrogens with zero attached hydrogens (tertiary/aromatic N) is 2. The summed E-state index contributed by atoms with van der Waals surface area (Å²) >= 11 is 1.65. The second kappa shape index (κ2) is 5.99. The van der Waals surface area contributed by atoms with E-state index in [4.69, 9.17) is 0 Å². The third kappa shape index (κ3) is 3.21. The number of carbonyl (C=O) groups excluding carboxylic acids is 1. The predicted octanol–water partition coefficient (Wildman–Crippen LogP) is 1.70. The normalized spacial score (nSPS) is 12.4. The maximum atomic E-state index is 11.8. The molecule has 0 fully saturated rings. The summed E-state index contributed by atoms with van der Waals surface area (Å²) in [5.74, 6) is 0.0700. The number of aromatic nitrogens is 2. The lowest BCUT2D eigenvalue weighted by molar-refractivity contribution is -0.130. The van der Waals surface area contributed by atoms with E-state index in [9.17, 15) is 4.79 Å². The van der Waals surface area contributed by atoms with Gasteiger partial charge in [-0.2, -0.15) is 16.4 Å². The number of hydrogen-bond donors (Lipinski definition) is 2. The lowest BCUT2D eigenvalue weighted by Gasteiger charge is -2.17. The van der Waals surface area contributed by atoms with Crippen LogP contribution in [0.15, 0.2) is 23.0 Å². The predicted molar refractivity (Wildman–Crippen MR) is 76.9 cm³/mol. The average Bonchev–Trinajstić information content (AvgIpc) is 3.04. The molecule has 102 valence electrons. The van der Waals surface area contributed by atoms with Crippen molar-refractivity contribution in [3.8, 4) is 11.3 Å². The topological polar surface area (TPSA) is 61.0 Å². The molecule has 0 saturated heterocycles. The van der Waals surface area contributed by atoms with Gasteiger partial charge in [-0.1, -0.05) is 0 Å². The van der Waals surface area contributed by atoms with Crippen molar-refractivity contribution in [2.45, 2.75) is 19.5 Å². The molecule has 0 spiro atoms. The standard InChI is InChI=1S/C13H18N4OS/c1-9(13(18)17(2)3)14-6-11-7-15-16-12(11)10-4-5-19-8-10/h4-5,7-9,14H,6H2,1-3H3,(H,15,16)/t9-/m0/s1. The highest BCUT2D eigenvalue weighted by Gasteiger charge is 2.15. The van der Waals surface area contributed by atoms with Crippen LogP contribution >= 0.6 is 11.3 Å². The number of likely N-dealkylation sites (N-methyl/N-ethyl adjacent to an activating group) is 1. The number of H-pyrrole nitrogens is 1. The van der Waals surface area contributed by atoms with Crippen molar-refractivity contribution in [2.24, 2.45) is 0 Å². The van der Waals surface area contributed by atoms with Gasteiger partial charge in [0.2, 0.25) is 5.91 Å². The molecule has 0 aliphatic rings. The zero-order chi connectivity index (χ0) is 13.8. The van der Waals surface area contributed by atoms with Crippen LogP contribution in [0.4, 0.5) is 0 Å². The second-order valence-electron chi connectivity index (χ2n) is 4.62. The van der Waals surface area contributed by atoms with Crippen LogP contribution in [-0.2, 0) is 11.3 Å². The van der Waals surface area contributed by atoms with Gasteiger partial charge < -0.3 is 10.2 Å². The maximum Gasteiger partial charge on any atom is 0.238 e. The monoisotopic (exact) mass is 278 g/mol. The summed E-state index contributed by atoms with van der Waals surface area (Å²) in [5, 5.41) is 14.4. The number of thiophene rings is 1. The van der Waals surface area contributed by atoms with Gasteiger partial charge in [-0.05, 0) is 18.4 Å². The highest BCUT2D eigenvalue weighted by atomic mass is 32.1. The van der Waals surface area contributed by atoms with Crippen molar-refractivity contribution >= 4 is 17.2 Å². The zero-order valence-electron chi connectivity index (χ0n) is 11.3. The van der Waals surface area contributed by atoms with Gasteiger partial charge in [-0.25, -0.2) is 0 Å². The smallest absolute Gasteiger partial charge is 0.238 e. The van der Waals surface area contributed by atoms with E-state index in [2.05, 4.69) is 27.0 Å². The maximum absolute atomic E-state index is 11.8. The lowest BCUT2D eigenvalue weighted by Crippen LogP contribution is -2.41. The van der Waals surface area contributed by atoms with E-state index in [1.54, 1.807) is 36.5 Å². The van der Waals surface area contributed by atoms with E-state index >= 15 is 0 Å². The Morgan fingerprint density at radius 2 is 2.37 bits per heavy atom. The van der Waals surface area contributed by atoms with Crippen molar-refractivity contribution in [3.63, 3.8) is 0 Å². The highest BCUT2D eigenvalue weighted by Crippen LogP contribution is 2.23. The quantitative estimate of drug-likeness (QED) is 0.875. The minimum atomic E-state index is -0.208. The van der Waals surface area contributed by atoms with Gasteiger partial charge in [0.25, 0.3) is 0 Å². The van der Waals surface area contributed by atoms with Crippen LogP contribution in [0.3, 0.4) is 0 Å². The molecule has 6 heteroatoms. The van der Waals surface area contributed by atoms with E-state index in [1.165, 1.54) is 0 Å². The molecule has 19 heavy (non-hydrogen) atoms. The van der Waals surface area contributed by atoms with E-state index < -0.39 is 0 Å². The van der Waals surface area contributed by atoms with Crippen molar-refractivity contribution in [2.75, 3.05) is 14.1 Å². The van der Waals surface area contributed by atoms with Crippen molar-refractivity contribution < 1.29 is 4.79 Å².